The van der Waals surface area contributed by atoms with Crippen molar-refractivity contribution >= 4 is 49.4 Å². The van der Waals surface area contributed by atoms with Crippen LogP contribution in [-0.2, 0) is 11.8 Å². The summed E-state index contributed by atoms with van der Waals surface area (Å²) in [6.07, 6.45) is -2.73. The van der Waals surface area contributed by atoms with Gasteiger partial charge in [-0.3, -0.25) is 4.79 Å². The van der Waals surface area contributed by atoms with Crippen molar-refractivity contribution in [3.8, 4) is 5.75 Å². The van der Waals surface area contributed by atoms with E-state index >= 15 is 0 Å². The maximum atomic E-state index is 12.5. The number of hydrogen-bond acceptors (Lipinski definition) is 7. The largest absolute Gasteiger partial charge is 0.573 e. The van der Waals surface area contributed by atoms with Crippen LogP contribution in [0.3, 0.4) is 0 Å². The topological polar surface area (TPSA) is 78.3 Å². The van der Waals surface area contributed by atoms with E-state index in [0.717, 1.165) is 18.4 Å². The second-order valence-electron chi connectivity index (χ2n) is 7.39. The zero-order valence-electron chi connectivity index (χ0n) is 17.9. The number of aromatic nitrogens is 3. The van der Waals surface area contributed by atoms with E-state index < -0.39 is 6.36 Å². The molecule has 0 aliphatic carbocycles. The van der Waals surface area contributed by atoms with Gasteiger partial charge in [-0.25, -0.2) is 9.97 Å². The number of unbranched alkanes of at least 4 members (excludes halogenated alkanes) is 1. The van der Waals surface area contributed by atoms with Crippen LogP contribution < -0.4 is 10.1 Å². The van der Waals surface area contributed by atoms with Gasteiger partial charge in [0.25, 0.3) is 0 Å². The molecule has 0 atom stereocenters. The van der Waals surface area contributed by atoms with E-state index in [2.05, 4.69) is 20.0 Å². The number of methoxy groups -OCH3 is 1. The molecule has 7 nitrogen and oxygen atoms in total. The second-order valence-corrected chi connectivity index (χ2v) is 8.42. The molecule has 0 spiro atoms. The number of imidazole rings is 1. The molecule has 0 aliphatic heterocycles. The van der Waals surface area contributed by atoms with Crippen molar-refractivity contribution in [1.82, 2.24) is 14.5 Å². The van der Waals surface area contributed by atoms with Gasteiger partial charge in [0.2, 0.25) is 5.95 Å². The lowest BCUT2D eigenvalue weighted by Crippen LogP contribution is -2.16. The number of carbonyl (C=O) groups is 1. The van der Waals surface area contributed by atoms with Crippen molar-refractivity contribution in [2.45, 2.75) is 25.6 Å². The van der Waals surface area contributed by atoms with Gasteiger partial charge in [-0.1, -0.05) is 11.3 Å². The molecule has 0 aliphatic rings. The van der Waals surface area contributed by atoms with Gasteiger partial charge in [-0.05, 0) is 43.2 Å². The lowest BCUT2D eigenvalue weighted by atomic mass is 10.1. The Morgan fingerprint density at radius 1 is 1.12 bits per heavy atom. The molecule has 0 bridgehead atoms. The van der Waals surface area contributed by atoms with Gasteiger partial charge in [0.15, 0.2) is 10.9 Å². The SMILES string of the molecule is COCCCCC(=O)c1ccc2c(c1)nc(Nc1nc3ccc(OC(F)(F)F)cc3s1)n2C. The summed E-state index contributed by atoms with van der Waals surface area (Å²) in [5.74, 6) is 0.254. The van der Waals surface area contributed by atoms with Crippen LogP contribution in [0.25, 0.3) is 21.3 Å². The summed E-state index contributed by atoms with van der Waals surface area (Å²) in [7, 11) is 3.46. The number of ketones is 1. The third kappa shape index (κ3) is 5.42. The van der Waals surface area contributed by atoms with Gasteiger partial charge < -0.3 is 19.4 Å². The van der Waals surface area contributed by atoms with Gasteiger partial charge in [0.05, 0.1) is 21.3 Å². The Kier molecular flexibility index (Phi) is 6.52. The van der Waals surface area contributed by atoms with Crippen LogP contribution in [0.4, 0.5) is 24.3 Å². The van der Waals surface area contributed by atoms with E-state index in [1.807, 2.05) is 17.7 Å². The molecule has 4 rings (SSSR count). The number of fused-ring (bicyclic) bond motifs is 2. The van der Waals surface area contributed by atoms with Gasteiger partial charge in [-0.15, -0.1) is 13.2 Å². The Hall–Kier alpha value is -3.18. The van der Waals surface area contributed by atoms with Crippen molar-refractivity contribution < 1.29 is 27.4 Å². The quantitative estimate of drug-likeness (QED) is 0.241. The average Bonchev–Trinajstić information content (AvgIpc) is 3.29. The summed E-state index contributed by atoms with van der Waals surface area (Å²) in [6.45, 7) is 0.629. The van der Waals surface area contributed by atoms with Crippen LogP contribution in [0.15, 0.2) is 36.4 Å². The number of rotatable bonds is 9. The fourth-order valence-electron chi connectivity index (χ4n) is 3.41. The zero-order valence-corrected chi connectivity index (χ0v) is 18.7. The first-order chi connectivity index (χ1) is 15.7. The highest BCUT2D eigenvalue weighted by atomic mass is 32.1. The average molecular weight is 478 g/mol. The second kappa shape index (κ2) is 9.36. The van der Waals surface area contributed by atoms with Crippen molar-refractivity contribution in [3.63, 3.8) is 0 Å². The highest BCUT2D eigenvalue weighted by Gasteiger charge is 2.31. The summed E-state index contributed by atoms with van der Waals surface area (Å²) in [4.78, 5) is 21.4. The normalized spacial score (nSPS) is 11.9. The number of nitrogens with one attached hydrogen (secondary N) is 1. The highest BCUT2D eigenvalue weighted by molar-refractivity contribution is 7.22. The lowest BCUT2D eigenvalue weighted by Gasteiger charge is -2.07. The number of anilines is 2. The highest BCUT2D eigenvalue weighted by Crippen LogP contribution is 2.33. The summed E-state index contributed by atoms with van der Waals surface area (Å²) in [6, 6.07) is 9.38. The van der Waals surface area contributed by atoms with Gasteiger partial charge in [0, 0.05) is 38.8 Å². The molecule has 0 saturated heterocycles. The summed E-state index contributed by atoms with van der Waals surface area (Å²) >= 11 is 1.18. The molecule has 0 fully saturated rings. The Balaban J connectivity index is 1.53. The maximum absolute atomic E-state index is 12.5. The molecule has 174 valence electrons. The van der Waals surface area contributed by atoms with Crippen LogP contribution in [0, 0.1) is 0 Å². The number of aryl methyl sites for hydroxylation is 1. The molecule has 11 heteroatoms. The lowest BCUT2D eigenvalue weighted by molar-refractivity contribution is -0.274. The van der Waals surface area contributed by atoms with E-state index in [9.17, 15) is 18.0 Å². The molecule has 33 heavy (non-hydrogen) atoms. The Morgan fingerprint density at radius 3 is 2.70 bits per heavy atom. The van der Waals surface area contributed by atoms with Crippen molar-refractivity contribution in [2.75, 3.05) is 19.0 Å². The molecule has 0 saturated carbocycles. The zero-order chi connectivity index (χ0) is 23.6. The van der Waals surface area contributed by atoms with E-state index in [-0.39, 0.29) is 11.5 Å². The van der Waals surface area contributed by atoms with Crippen LogP contribution in [0.5, 0.6) is 5.75 Å². The van der Waals surface area contributed by atoms with Crippen molar-refractivity contribution in [1.29, 1.82) is 0 Å². The van der Waals surface area contributed by atoms with E-state index in [0.29, 0.717) is 45.4 Å². The number of nitrogens with zero attached hydrogens (tertiary/aromatic N) is 3. The van der Waals surface area contributed by atoms with Crippen LogP contribution >= 0.6 is 11.3 Å². The fourth-order valence-corrected chi connectivity index (χ4v) is 4.30. The molecular formula is C22H21F3N4O3S. The van der Waals surface area contributed by atoms with Gasteiger partial charge in [0.1, 0.15) is 5.75 Å². The van der Waals surface area contributed by atoms with Crippen LogP contribution in [-0.4, -0.2) is 40.4 Å². The molecule has 1 N–H and O–H groups in total. The Labute approximate surface area is 191 Å². The molecule has 0 unspecified atom stereocenters. The smallest absolute Gasteiger partial charge is 0.406 e. The first-order valence-electron chi connectivity index (χ1n) is 10.2. The molecule has 4 aromatic rings. The van der Waals surface area contributed by atoms with Gasteiger partial charge in [-0.2, -0.15) is 0 Å². The van der Waals surface area contributed by atoms with Crippen LogP contribution in [0.1, 0.15) is 29.6 Å². The van der Waals surface area contributed by atoms with Gasteiger partial charge >= 0.3 is 6.36 Å². The number of thiazole rings is 1. The first kappa shape index (κ1) is 23.0. The Bertz CT molecular complexity index is 1300. The minimum atomic E-state index is -4.75. The molecule has 0 radical (unpaired) electrons. The monoisotopic (exact) mass is 478 g/mol. The Morgan fingerprint density at radius 2 is 1.94 bits per heavy atom. The summed E-state index contributed by atoms with van der Waals surface area (Å²) < 4.78 is 48.7. The number of Topliss-reactive ketones (excluding diaryl/α,β-unsaturated/α-hetero) is 1. The van der Waals surface area contributed by atoms with E-state index in [4.69, 9.17) is 4.74 Å². The fraction of sp³-hybridized carbons (Fsp3) is 0.318. The summed E-state index contributed by atoms with van der Waals surface area (Å²) in [5, 5.41) is 3.59. The summed E-state index contributed by atoms with van der Waals surface area (Å²) in [5.41, 5.74) is 2.62. The third-order valence-corrected chi connectivity index (χ3v) is 5.95. The number of hydrogen-bond donors (Lipinski definition) is 1. The van der Waals surface area contributed by atoms with E-state index in [1.165, 1.54) is 29.5 Å². The molecular weight excluding hydrogens is 457 g/mol. The molecule has 2 aromatic heterocycles. The first-order valence-corrected chi connectivity index (χ1v) is 11.0. The minimum Gasteiger partial charge on any atom is -0.406 e. The third-order valence-electron chi connectivity index (χ3n) is 5.02. The number of alkyl halides is 3. The number of halogens is 3. The maximum Gasteiger partial charge on any atom is 0.573 e. The predicted octanol–water partition coefficient (Wildman–Crippen LogP) is 5.82. The molecule has 2 aromatic carbocycles. The molecule has 2 heterocycles. The number of ether oxygens (including phenoxy) is 2. The number of benzene rings is 2. The standard InChI is InChI=1S/C22H21F3N4O3S/c1-29-17-9-6-13(18(30)5-3-4-10-31-2)11-16(17)26-20(29)28-21-27-15-8-7-14(12-19(15)33-21)32-22(23,24)25/h6-9,11-12H,3-5,10H2,1-2H3,(H,26,27,28). The van der Waals surface area contributed by atoms with Crippen molar-refractivity contribution in [2.24, 2.45) is 7.05 Å². The van der Waals surface area contributed by atoms with Crippen LogP contribution in [0.2, 0.25) is 0 Å². The predicted molar refractivity (Wildman–Crippen MR) is 120 cm³/mol. The van der Waals surface area contributed by atoms with Crippen molar-refractivity contribution in [3.05, 3.63) is 42.0 Å². The van der Waals surface area contributed by atoms with E-state index in [1.54, 1.807) is 19.2 Å². The molecule has 0 amide bonds. The minimum absolute atomic E-state index is 0.0521. The number of carbonyl (C=O) groups excluding carboxylic acids is 1.